The second kappa shape index (κ2) is 5.89. The molecule has 1 aromatic carbocycles. The van der Waals surface area contributed by atoms with Crippen LogP contribution in [0.2, 0.25) is 5.02 Å². The van der Waals surface area contributed by atoms with Crippen molar-refractivity contribution in [2.75, 3.05) is 11.9 Å². The lowest BCUT2D eigenvalue weighted by molar-refractivity contribution is 0.274. The predicted molar refractivity (Wildman–Crippen MR) is 84.4 cm³/mol. The average molecular weight is 285 g/mol. The smallest absolute Gasteiger partial charge is 0.107 e. The van der Waals surface area contributed by atoms with Gasteiger partial charge in [0, 0.05) is 12.2 Å². The number of thiocarbonyl (C=S) groups is 1. The molecule has 1 aromatic rings. The van der Waals surface area contributed by atoms with Crippen LogP contribution in [0, 0.1) is 11.3 Å². The molecule has 0 saturated heterocycles. The van der Waals surface area contributed by atoms with E-state index in [1.165, 1.54) is 0 Å². The molecule has 100 valence electrons. The Morgan fingerprint density at radius 2 is 2.06 bits per heavy atom. The third-order valence-electron chi connectivity index (χ3n) is 3.34. The van der Waals surface area contributed by atoms with Gasteiger partial charge in [-0.25, -0.2) is 0 Å². The van der Waals surface area contributed by atoms with Gasteiger partial charge in [-0.2, -0.15) is 0 Å². The molecule has 0 aliphatic rings. The summed E-state index contributed by atoms with van der Waals surface area (Å²) in [5, 5.41) is 3.98. The third kappa shape index (κ3) is 3.85. The number of nitrogens with one attached hydrogen (secondary N) is 1. The van der Waals surface area contributed by atoms with Crippen molar-refractivity contribution in [1.82, 2.24) is 0 Å². The van der Waals surface area contributed by atoms with Crippen molar-refractivity contribution in [3.8, 4) is 0 Å². The Hall–Kier alpha value is -0.800. The lowest BCUT2D eigenvalue weighted by Gasteiger charge is -2.28. The summed E-state index contributed by atoms with van der Waals surface area (Å²) < 4.78 is 0. The van der Waals surface area contributed by atoms with Crippen LogP contribution in [-0.4, -0.2) is 11.5 Å². The van der Waals surface area contributed by atoms with E-state index in [4.69, 9.17) is 29.6 Å². The zero-order valence-corrected chi connectivity index (χ0v) is 13.0. The van der Waals surface area contributed by atoms with Crippen molar-refractivity contribution in [2.45, 2.75) is 27.7 Å². The standard InChI is InChI=1S/C14H21ClN2S/c1-9(14(2,3)4)8-17-11-7-5-6-10(15)12(11)13(16)18/h5-7,9,17H,8H2,1-4H3,(H2,16,18). The molecule has 0 spiro atoms. The van der Waals surface area contributed by atoms with E-state index in [1.54, 1.807) is 6.07 Å². The summed E-state index contributed by atoms with van der Waals surface area (Å²) in [5.74, 6) is 0.524. The van der Waals surface area contributed by atoms with Gasteiger partial charge < -0.3 is 11.1 Å². The Morgan fingerprint density at radius 1 is 1.44 bits per heavy atom. The highest BCUT2D eigenvalue weighted by atomic mass is 35.5. The highest BCUT2D eigenvalue weighted by Crippen LogP contribution is 2.28. The Kier molecular flexibility index (Phi) is 5.00. The topological polar surface area (TPSA) is 38.0 Å². The zero-order chi connectivity index (χ0) is 13.9. The maximum atomic E-state index is 6.12. The summed E-state index contributed by atoms with van der Waals surface area (Å²) in [4.78, 5) is 0.325. The van der Waals surface area contributed by atoms with E-state index < -0.39 is 0 Å². The number of anilines is 1. The van der Waals surface area contributed by atoms with Crippen molar-refractivity contribution >= 4 is 34.5 Å². The average Bonchev–Trinajstić information content (AvgIpc) is 2.23. The summed E-state index contributed by atoms with van der Waals surface area (Å²) in [6.07, 6.45) is 0. The Labute approximate surface area is 120 Å². The summed E-state index contributed by atoms with van der Waals surface area (Å²) in [6, 6.07) is 5.65. The molecule has 0 amide bonds. The van der Waals surface area contributed by atoms with E-state index in [1.807, 2.05) is 12.1 Å². The molecule has 0 fully saturated rings. The van der Waals surface area contributed by atoms with Crippen LogP contribution in [0.1, 0.15) is 33.3 Å². The predicted octanol–water partition coefficient (Wildman–Crippen LogP) is 4.07. The molecule has 18 heavy (non-hydrogen) atoms. The van der Waals surface area contributed by atoms with E-state index in [-0.39, 0.29) is 5.41 Å². The van der Waals surface area contributed by atoms with Gasteiger partial charge in [0.1, 0.15) is 4.99 Å². The first-order chi connectivity index (χ1) is 8.23. The maximum absolute atomic E-state index is 6.12. The second-order valence-electron chi connectivity index (χ2n) is 5.67. The fraction of sp³-hybridized carbons (Fsp3) is 0.500. The van der Waals surface area contributed by atoms with Gasteiger partial charge in [-0.1, -0.05) is 57.6 Å². The molecule has 1 rings (SSSR count). The fourth-order valence-electron chi connectivity index (χ4n) is 1.49. The molecular weight excluding hydrogens is 264 g/mol. The third-order valence-corrected chi connectivity index (χ3v) is 3.86. The monoisotopic (exact) mass is 284 g/mol. The lowest BCUT2D eigenvalue weighted by Crippen LogP contribution is -2.25. The van der Waals surface area contributed by atoms with E-state index >= 15 is 0 Å². The Morgan fingerprint density at radius 3 is 2.56 bits per heavy atom. The van der Waals surface area contributed by atoms with Gasteiger partial charge in [0.05, 0.1) is 10.6 Å². The molecule has 0 aromatic heterocycles. The molecule has 3 N–H and O–H groups in total. The quantitative estimate of drug-likeness (QED) is 0.819. The molecule has 0 saturated carbocycles. The minimum absolute atomic E-state index is 0.259. The van der Waals surface area contributed by atoms with Crippen molar-refractivity contribution in [1.29, 1.82) is 0 Å². The minimum Gasteiger partial charge on any atom is -0.389 e. The van der Waals surface area contributed by atoms with Crippen molar-refractivity contribution in [3.05, 3.63) is 28.8 Å². The van der Waals surface area contributed by atoms with Crippen molar-refractivity contribution in [2.24, 2.45) is 17.1 Å². The van der Waals surface area contributed by atoms with Crippen LogP contribution in [0.25, 0.3) is 0 Å². The lowest BCUT2D eigenvalue weighted by atomic mass is 9.82. The number of benzene rings is 1. The molecule has 4 heteroatoms. The number of hydrogen-bond acceptors (Lipinski definition) is 2. The van der Waals surface area contributed by atoms with Gasteiger partial charge in [-0.3, -0.25) is 0 Å². The maximum Gasteiger partial charge on any atom is 0.107 e. The van der Waals surface area contributed by atoms with Gasteiger partial charge in [0.2, 0.25) is 0 Å². The molecule has 0 bridgehead atoms. The Bertz CT molecular complexity index is 438. The Balaban J connectivity index is 2.86. The molecule has 1 atom stereocenters. The molecule has 0 aliphatic carbocycles. The SMILES string of the molecule is CC(CNc1cccc(Cl)c1C(N)=S)C(C)(C)C. The van der Waals surface area contributed by atoms with Crippen molar-refractivity contribution < 1.29 is 0 Å². The first-order valence-corrected chi connectivity index (χ1v) is 6.84. The van der Waals surface area contributed by atoms with Crippen LogP contribution >= 0.6 is 23.8 Å². The minimum atomic E-state index is 0.259. The second-order valence-corrected chi connectivity index (χ2v) is 6.52. The van der Waals surface area contributed by atoms with Crippen LogP contribution in [0.5, 0.6) is 0 Å². The normalized spacial score (nSPS) is 13.2. The van der Waals surface area contributed by atoms with E-state index in [0.29, 0.717) is 15.9 Å². The largest absolute Gasteiger partial charge is 0.389 e. The summed E-state index contributed by atoms with van der Waals surface area (Å²) in [7, 11) is 0. The van der Waals surface area contributed by atoms with Crippen LogP contribution < -0.4 is 11.1 Å². The van der Waals surface area contributed by atoms with Crippen LogP contribution in [0.4, 0.5) is 5.69 Å². The van der Waals surface area contributed by atoms with Crippen LogP contribution in [-0.2, 0) is 0 Å². The summed E-state index contributed by atoms with van der Waals surface area (Å²) >= 11 is 11.2. The van der Waals surface area contributed by atoms with E-state index in [9.17, 15) is 0 Å². The number of halogens is 1. The number of nitrogens with two attached hydrogens (primary N) is 1. The number of rotatable bonds is 4. The highest BCUT2D eigenvalue weighted by molar-refractivity contribution is 7.80. The highest BCUT2D eigenvalue weighted by Gasteiger charge is 2.20. The first kappa shape index (κ1) is 15.3. The molecule has 2 nitrogen and oxygen atoms in total. The summed E-state index contributed by atoms with van der Waals surface area (Å²) in [5.41, 5.74) is 7.61. The number of hydrogen-bond donors (Lipinski definition) is 2. The van der Waals surface area contributed by atoms with Crippen molar-refractivity contribution in [3.63, 3.8) is 0 Å². The molecule has 1 unspecified atom stereocenters. The van der Waals surface area contributed by atoms with Gasteiger partial charge in [-0.05, 0) is 23.5 Å². The van der Waals surface area contributed by atoms with Crippen LogP contribution in [0.15, 0.2) is 18.2 Å². The van der Waals surface area contributed by atoms with E-state index in [2.05, 4.69) is 33.0 Å². The van der Waals surface area contributed by atoms with Gasteiger partial charge in [0.15, 0.2) is 0 Å². The zero-order valence-electron chi connectivity index (χ0n) is 11.4. The van der Waals surface area contributed by atoms with Gasteiger partial charge in [0.25, 0.3) is 0 Å². The van der Waals surface area contributed by atoms with Gasteiger partial charge in [-0.15, -0.1) is 0 Å². The molecule has 0 heterocycles. The summed E-state index contributed by atoms with van der Waals surface area (Å²) in [6.45, 7) is 9.76. The van der Waals surface area contributed by atoms with Gasteiger partial charge >= 0.3 is 0 Å². The van der Waals surface area contributed by atoms with E-state index in [0.717, 1.165) is 17.8 Å². The molecule has 0 radical (unpaired) electrons. The first-order valence-electron chi connectivity index (χ1n) is 6.05. The fourth-order valence-corrected chi connectivity index (χ4v) is 2.04. The molecule has 0 aliphatic heterocycles. The van der Waals surface area contributed by atoms with Crippen LogP contribution in [0.3, 0.4) is 0 Å². The molecular formula is C14H21ClN2S.